The van der Waals surface area contributed by atoms with Crippen molar-refractivity contribution in [3.05, 3.63) is 47.5 Å². The van der Waals surface area contributed by atoms with Crippen molar-refractivity contribution in [3.8, 4) is 0 Å². The van der Waals surface area contributed by atoms with E-state index in [0.717, 1.165) is 25.3 Å². The van der Waals surface area contributed by atoms with Crippen LogP contribution in [0.3, 0.4) is 0 Å². The summed E-state index contributed by atoms with van der Waals surface area (Å²) in [6, 6.07) is 8.12. The molecule has 4 heteroatoms. The van der Waals surface area contributed by atoms with Crippen LogP contribution < -0.4 is 5.32 Å². The van der Waals surface area contributed by atoms with E-state index in [2.05, 4.69) is 17.4 Å². The molecular formula is C17H19NO3. The van der Waals surface area contributed by atoms with Crippen LogP contribution in [-0.2, 0) is 21.4 Å². The average molecular weight is 285 g/mol. The molecule has 1 spiro atoms. The number of carboxylic acid groups (broad SMARTS) is 1. The molecule has 0 saturated heterocycles. The molecule has 0 aliphatic heterocycles. The summed E-state index contributed by atoms with van der Waals surface area (Å²) < 4.78 is 0. The Balaban J connectivity index is 1.66. The normalized spacial score (nSPS) is 27.6. The van der Waals surface area contributed by atoms with Crippen molar-refractivity contribution < 1.29 is 14.7 Å². The zero-order valence-electron chi connectivity index (χ0n) is 12.0. The molecule has 4 nitrogen and oxygen atoms in total. The van der Waals surface area contributed by atoms with Crippen molar-refractivity contribution in [2.75, 3.05) is 0 Å². The van der Waals surface area contributed by atoms with Crippen molar-refractivity contribution in [2.45, 2.75) is 37.6 Å². The molecule has 1 amide bonds. The molecule has 2 aliphatic rings. The first kappa shape index (κ1) is 13.9. The van der Waals surface area contributed by atoms with E-state index in [-0.39, 0.29) is 23.3 Å². The fourth-order valence-electron chi connectivity index (χ4n) is 3.54. The van der Waals surface area contributed by atoms with Gasteiger partial charge in [0.25, 0.3) is 0 Å². The highest BCUT2D eigenvalue weighted by Crippen LogP contribution is 2.61. The molecule has 0 radical (unpaired) electrons. The highest BCUT2D eigenvalue weighted by molar-refractivity contribution is 5.85. The zero-order valence-corrected chi connectivity index (χ0v) is 12.0. The Kier molecular flexibility index (Phi) is 3.32. The molecular weight excluding hydrogens is 266 g/mol. The van der Waals surface area contributed by atoms with E-state index >= 15 is 0 Å². The summed E-state index contributed by atoms with van der Waals surface area (Å²) >= 11 is 0. The summed E-state index contributed by atoms with van der Waals surface area (Å²) in [5.74, 6) is -0.931. The van der Waals surface area contributed by atoms with Crippen LogP contribution in [0.25, 0.3) is 0 Å². The number of aryl methyl sites for hydroxylation is 1. The molecule has 2 N–H and O–H groups in total. The second-order valence-corrected chi connectivity index (χ2v) is 6.06. The van der Waals surface area contributed by atoms with Crippen LogP contribution in [0.15, 0.2) is 36.4 Å². The third-order valence-corrected chi connectivity index (χ3v) is 4.68. The molecule has 1 aromatic rings. The molecule has 3 atom stereocenters. The molecule has 0 heterocycles. The first-order valence-corrected chi connectivity index (χ1v) is 7.33. The van der Waals surface area contributed by atoms with Crippen LogP contribution in [0.1, 0.15) is 30.9 Å². The Bertz CT molecular complexity index is 622. The van der Waals surface area contributed by atoms with Crippen molar-refractivity contribution in [2.24, 2.45) is 5.92 Å². The number of amides is 1. The third kappa shape index (κ3) is 2.46. The molecule has 1 saturated carbocycles. The zero-order chi connectivity index (χ0) is 15.0. The second-order valence-electron chi connectivity index (χ2n) is 6.06. The molecule has 2 aliphatic carbocycles. The van der Waals surface area contributed by atoms with Crippen LogP contribution >= 0.6 is 0 Å². The smallest absolute Gasteiger partial charge is 0.328 e. The van der Waals surface area contributed by atoms with E-state index in [1.54, 1.807) is 6.92 Å². The maximum Gasteiger partial charge on any atom is 0.328 e. The Morgan fingerprint density at radius 1 is 1.43 bits per heavy atom. The minimum absolute atomic E-state index is 0.0295. The molecule has 0 aromatic heterocycles. The lowest BCUT2D eigenvalue weighted by molar-refractivity contribution is -0.131. The quantitative estimate of drug-likeness (QED) is 0.832. The van der Waals surface area contributed by atoms with Crippen molar-refractivity contribution in [1.29, 1.82) is 0 Å². The summed E-state index contributed by atoms with van der Waals surface area (Å²) in [6.07, 6.45) is 5.57. The van der Waals surface area contributed by atoms with E-state index < -0.39 is 5.97 Å². The lowest BCUT2D eigenvalue weighted by atomic mass is 9.95. The number of carboxylic acids is 1. The van der Waals surface area contributed by atoms with Crippen LogP contribution in [-0.4, -0.2) is 23.0 Å². The minimum Gasteiger partial charge on any atom is -0.478 e. The summed E-state index contributed by atoms with van der Waals surface area (Å²) in [5.41, 5.74) is 2.74. The number of nitrogens with one attached hydrogen (secondary N) is 1. The first-order chi connectivity index (χ1) is 10.0. The predicted molar refractivity (Wildman–Crippen MR) is 78.9 cm³/mol. The molecule has 1 fully saturated rings. The highest BCUT2D eigenvalue weighted by atomic mass is 16.4. The van der Waals surface area contributed by atoms with E-state index in [9.17, 15) is 9.59 Å². The predicted octanol–water partition coefficient (Wildman–Crippen LogP) is 2.04. The van der Waals surface area contributed by atoms with Gasteiger partial charge in [-0.15, -0.1) is 0 Å². The van der Waals surface area contributed by atoms with Gasteiger partial charge in [-0.05, 0) is 37.3 Å². The van der Waals surface area contributed by atoms with Gasteiger partial charge in [-0.1, -0.05) is 30.3 Å². The number of carbonyl (C=O) groups is 2. The number of rotatable bonds is 4. The number of aliphatic carboxylic acids is 1. The SMILES string of the molecule is CC(C=CC(=O)O)NC(=O)C1CC12CCc1ccccc12. The number of fused-ring (bicyclic) bond motifs is 2. The Morgan fingerprint density at radius 3 is 2.95 bits per heavy atom. The summed E-state index contributed by atoms with van der Waals surface area (Å²) in [4.78, 5) is 22.8. The van der Waals surface area contributed by atoms with Crippen molar-refractivity contribution in [1.82, 2.24) is 5.32 Å². The number of carbonyl (C=O) groups excluding carboxylic acids is 1. The van der Waals surface area contributed by atoms with Gasteiger partial charge in [0.2, 0.25) is 5.91 Å². The lowest BCUT2D eigenvalue weighted by Gasteiger charge is -2.13. The standard InChI is InChI=1S/C17H19NO3/c1-11(6-7-15(19)20)18-16(21)14-10-17(14)9-8-12-4-2-3-5-13(12)17/h2-7,11,14H,8-10H2,1H3,(H,18,21)(H,19,20). The van der Waals surface area contributed by atoms with Gasteiger partial charge >= 0.3 is 5.97 Å². The average Bonchev–Trinajstić information content (AvgIpc) is 3.07. The van der Waals surface area contributed by atoms with Gasteiger partial charge < -0.3 is 10.4 Å². The van der Waals surface area contributed by atoms with Crippen molar-refractivity contribution in [3.63, 3.8) is 0 Å². The Labute approximate surface area is 123 Å². The maximum atomic E-state index is 12.3. The summed E-state index contributed by atoms with van der Waals surface area (Å²) in [7, 11) is 0. The fraction of sp³-hybridized carbons (Fsp3) is 0.412. The topological polar surface area (TPSA) is 66.4 Å². The number of benzene rings is 1. The highest BCUT2D eigenvalue weighted by Gasteiger charge is 2.61. The number of hydrogen-bond acceptors (Lipinski definition) is 2. The Hall–Kier alpha value is -2.10. The van der Waals surface area contributed by atoms with Gasteiger partial charge in [0, 0.05) is 23.5 Å². The monoisotopic (exact) mass is 285 g/mol. The fourth-order valence-corrected chi connectivity index (χ4v) is 3.54. The molecule has 0 bridgehead atoms. The van der Waals surface area contributed by atoms with Crippen molar-refractivity contribution >= 4 is 11.9 Å². The largest absolute Gasteiger partial charge is 0.478 e. The van der Waals surface area contributed by atoms with Crippen LogP contribution in [0.4, 0.5) is 0 Å². The molecule has 110 valence electrons. The van der Waals surface area contributed by atoms with Gasteiger partial charge in [0.05, 0.1) is 0 Å². The van der Waals surface area contributed by atoms with Gasteiger partial charge in [-0.3, -0.25) is 4.79 Å². The van der Waals surface area contributed by atoms with Gasteiger partial charge in [0.15, 0.2) is 0 Å². The van der Waals surface area contributed by atoms with Gasteiger partial charge in [-0.25, -0.2) is 4.79 Å². The van der Waals surface area contributed by atoms with Gasteiger partial charge in [-0.2, -0.15) is 0 Å². The molecule has 3 unspecified atom stereocenters. The van der Waals surface area contributed by atoms with Crippen LogP contribution in [0.2, 0.25) is 0 Å². The summed E-state index contributed by atoms with van der Waals surface area (Å²) in [5, 5.41) is 11.5. The maximum absolute atomic E-state index is 12.3. The Morgan fingerprint density at radius 2 is 2.19 bits per heavy atom. The minimum atomic E-state index is -0.997. The molecule has 21 heavy (non-hydrogen) atoms. The summed E-state index contributed by atoms with van der Waals surface area (Å²) in [6.45, 7) is 1.79. The lowest BCUT2D eigenvalue weighted by Crippen LogP contribution is -2.34. The van der Waals surface area contributed by atoms with E-state index in [4.69, 9.17) is 5.11 Å². The van der Waals surface area contributed by atoms with E-state index in [0.29, 0.717) is 0 Å². The third-order valence-electron chi connectivity index (χ3n) is 4.68. The van der Waals surface area contributed by atoms with E-state index in [1.165, 1.54) is 17.2 Å². The van der Waals surface area contributed by atoms with Crippen LogP contribution in [0.5, 0.6) is 0 Å². The molecule has 1 aromatic carbocycles. The van der Waals surface area contributed by atoms with Gasteiger partial charge in [0.1, 0.15) is 0 Å². The first-order valence-electron chi connectivity index (χ1n) is 7.33. The molecule has 3 rings (SSSR count). The van der Waals surface area contributed by atoms with E-state index in [1.807, 2.05) is 12.1 Å². The van der Waals surface area contributed by atoms with Crippen LogP contribution in [0, 0.1) is 5.92 Å². The second kappa shape index (κ2) is 5.02. The number of hydrogen-bond donors (Lipinski definition) is 2.